The summed E-state index contributed by atoms with van der Waals surface area (Å²) in [6.07, 6.45) is 1.85. The fourth-order valence-electron chi connectivity index (χ4n) is 3.41. The van der Waals surface area contributed by atoms with Crippen molar-refractivity contribution < 1.29 is 19.9 Å². The third-order valence-electron chi connectivity index (χ3n) is 4.47. The van der Waals surface area contributed by atoms with E-state index in [9.17, 15) is 9.90 Å². The third-order valence-corrected chi connectivity index (χ3v) is 4.80. The first-order valence-corrected chi connectivity index (χ1v) is 7.57. The average molecular weight is 327 g/mol. The second kappa shape index (κ2) is 6.46. The topological polar surface area (TPSA) is 116 Å². The molecule has 2 atom stereocenters. The van der Waals surface area contributed by atoms with Gasteiger partial charge in [0.25, 0.3) is 0 Å². The van der Waals surface area contributed by atoms with Crippen LogP contribution in [0.25, 0.3) is 0 Å². The summed E-state index contributed by atoms with van der Waals surface area (Å²) in [6.45, 7) is 0. The number of carboxylic acid groups (broad SMARTS) is 1. The lowest BCUT2D eigenvalue weighted by atomic mass is 9.77. The predicted molar refractivity (Wildman–Crippen MR) is 85.7 cm³/mol. The van der Waals surface area contributed by atoms with Gasteiger partial charge < -0.3 is 26.2 Å². The molecule has 0 aliphatic heterocycles. The summed E-state index contributed by atoms with van der Waals surface area (Å²) in [4.78, 5) is 12.0. The molecule has 1 aliphatic carbocycles. The van der Waals surface area contributed by atoms with Crippen molar-refractivity contribution in [3.05, 3.63) is 28.3 Å². The van der Waals surface area contributed by atoms with Crippen molar-refractivity contribution in [2.24, 2.45) is 5.92 Å². The summed E-state index contributed by atoms with van der Waals surface area (Å²) in [7, 11) is 0.240. The van der Waals surface area contributed by atoms with E-state index in [2.05, 4.69) is 5.32 Å². The lowest BCUT2D eigenvalue weighted by Crippen LogP contribution is -2.51. The molecule has 0 spiro atoms. The predicted octanol–water partition coefficient (Wildman–Crippen LogP) is 0.847. The van der Waals surface area contributed by atoms with Gasteiger partial charge in [0.2, 0.25) is 0 Å². The number of anilines is 1. The molecule has 6 N–H and O–H groups in total. The Morgan fingerprint density at radius 2 is 2.23 bits per heavy atom. The number of fused-ring (bicyclic) bond motifs is 1. The number of hydrogen-bond acceptors (Lipinski definition) is 5. The van der Waals surface area contributed by atoms with Crippen LogP contribution in [0, 0.1) is 5.92 Å². The van der Waals surface area contributed by atoms with Gasteiger partial charge in [0.05, 0.1) is 10.7 Å². The second-order valence-electron chi connectivity index (χ2n) is 5.71. The normalized spacial score (nSPS) is 23.4. The van der Waals surface area contributed by atoms with Crippen LogP contribution < -0.4 is 11.1 Å². The first-order valence-electron chi connectivity index (χ1n) is 7.19. The van der Waals surface area contributed by atoms with E-state index in [1.54, 1.807) is 19.2 Å². The van der Waals surface area contributed by atoms with E-state index in [1.807, 2.05) is 0 Å². The van der Waals surface area contributed by atoms with Crippen molar-refractivity contribution in [1.29, 1.82) is 0 Å². The van der Waals surface area contributed by atoms with E-state index in [0.29, 0.717) is 35.5 Å². The molecule has 1 aromatic carbocycles. The number of nitrogens with two attached hydrogens (primary N) is 1. The minimum atomic E-state index is -1.37. The van der Waals surface area contributed by atoms with Crippen LogP contribution in [0.5, 0.6) is 0 Å². The number of aliphatic carboxylic acids is 1. The number of carboxylic acids is 1. The van der Waals surface area contributed by atoms with Crippen molar-refractivity contribution >= 4 is 30.4 Å². The van der Waals surface area contributed by atoms with E-state index in [-0.39, 0.29) is 12.2 Å². The summed E-state index contributed by atoms with van der Waals surface area (Å²) >= 11 is 6.04. The number of nitrogen functional groups attached to an aromatic ring is 1. The van der Waals surface area contributed by atoms with Gasteiger partial charge in [0.1, 0.15) is 5.54 Å². The number of hydrogen-bond donors (Lipinski definition) is 5. The molecule has 22 heavy (non-hydrogen) atoms. The Hall–Kier alpha value is -1.28. The van der Waals surface area contributed by atoms with Crippen molar-refractivity contribution in [3.8, 4) is 0 Å². The Kier molecular flexibility index (Phi) is 5.02. The van der Waals surface area contributed by atoms with Gasteiger partial charge in [0.15, 0.2) is 0 Å². The largest absolute Gasteiger partial charge is 0.480 e. The molecule has 0 bridgehead atoms. The number of halogens is 1. The van der Waals surface area contributed by atoms with Crippen molar-refractivity contribution in [2.45, 2.75) is 31.1 Å². The standard InChI is InChI=1S/C14H20BClN2O4/c1-18-14(13(19)20)9(3-2-4-15(21)22)5-8-6-11(16)12(17)7-10(8)14/h6-7,9,18,21-22H,2-5,17H2,1H3,(H,19,20)/t9-,14+/m0/s1. The van der Waals surface area contributed by atoms with Crippen LogP contribution in [0.15, 0.2) is 12.1 Å². The van der Waals surface area contributed by atoms with Crippen LogP contribution in [0.3, 0.4) is 0 Å². The fourth-order valence-corrected chi connectivity index (χ4v) is 3.59. The zero-order chi connectivity index (χ0) is 16.5. The zero-order valence-corrected chi connectivity index (χ0v) is 13.1. The number of rotatable bonds is 6. The molecule has 1 aliphatic rings. The van der Waals surface area contributed by atoms with Gasteiger partial charge in [-0.05, 0) is 55.4 Å². The highest BCUT2D eigenvalue weighted by molar-refractivity contribution is 6.40. The molecule has 120 valence electrons. The maximum atomic E-state index is 12.0. The molecule has 0 saturated heterocycles. The number of likely N-dealkylation sites (N-methyl/N-ethyl adjacent to an activating group) is 1. The van der Waals surface area contributed by atoms with Crippen molar-refractivity contribution in [2.75, 3.05) is 12.8 Å². The van der Waals surface area contributed by atoms with Gasteiger partial charge in [-0.1, -0.05) is 18.0 Å². The molecule has 0 aromatic heterocycles. The fraction of sp³-hybridized carbons (Fsp3) is 0.500. The molecule has 0 amide bonds. The first-order chi connectivity index (χ1) is 10.3. The van der Waals surface area contributed by atoms with E-state index >= 15 is 0 Å². The molecule has 8 heteroatoms. The number of carbonyl (C=O) groups is 1. The Morgan fingerprint density at radius 3 is 2.77 bits per heavy atom. The smallest absolute Gasteiger partial charge is 0.451 e. The lowest BCUT2D eigenvalue weighted by Gasteiger charge is -2.32. The highest BCUT2D eigenvalue weighted by Gasteiger charge is 2.51. The van der Waals surface area contributed by atoms with Gasteiger partial charge in [-0.3, -0.25) is 0 Å². The SMILES string of the molecule is CN[C@@]1(C(=O)O)c2cc(N)c(Cl)cc2C[C@@H]1CCCB(O)O. The van der Waals surface area contributed by atoms with Crippen LogP contribution in [0.1, 0.15) is 24.0 Å². The van der Waals surface area contributed by atoms with E-state index in [1.165, 1.54) is 0 Å². The average Bonchev–Trinajstić information content (AvgIpc) is 2.73. The minimum Gasteiger partial charge on any atom is -0.480 e. The summed E-state index contributed by atoms with van der Waals surface area (Å²) in [5.74, 6) is -1.17. The summed E-state index contributed by atoms with van der Waals surface area (Å²) in [6, 6.07) is 3.35. The minimum absolute atomic E-state index is 0.207. The Balaban J connectivity index is 2.38. The van der Waals surface area contributed by atoms with Crippen LogP contribution in [0.2, 0.25) is 11.3 Å². The Labute approximate surface area is 134 Å². The van der Waals surface area contributed by atoms with Crippen molar-refractivity contribution in [3.63, 3.8) is 0 Å². The van der Waals surface area contributed by atoms with Gasteiger partial charge >= 0.3 is 13.1 Å². The maximum absolute atomic E-state index is 12.0. The van der Waals surface area contributed by atoms with Crippen LogP contribution >= 0.6 is 11.6 Å². The van der Waals surface area contributed by atoms with Gasteiger partial charge in [-0.25, -0.2) is 4.79 Å². The third kappa shape index (κ3) is 2.81. The summed E-state index contributed by atoms with van der Waals surface area (Å²) < 4.78 is 0. The monoisotopic (exact) mass is 326 g/mol. The van der Waals surface area contributed by atoms with E-state index in [0.717, 1.165) is 5.56 Å². The molecule has 2 rings (SSSR count). The Bertz CT molecular complexity index is 584. The van der Waals surface area contributed by atoms with Crippen LogP contribution in [-0.2, 0) is 16.8 Å². The molecule has 0 fully saturated rings. The van der Waals surface area contributed by atoms with Crippen LogP contribution in [-0.4, -0.2) is 35.3 Å². The first kappa shape index (κ1) is 17.1. The Morgan fingerprint density at radius 1 is 1.55 bits per heavy atom. The quantitative estimate of drug-likeness (QED) is 0.391. The summed E-state index contributed by atoms with van der Waals surface area (Å²) in [5.41, 5.74) is 6.47. The molecule has 0 heterocycles. The number of nitrogens with one attached hydrogen (secondary N) is 1. The van der Waals surface area contributed by atoms with Gasteiger partial charge in [0, 0.05) is 0 Å². The molecule has 6 nitrogen and oxygen atoms in total. The lowest BCUT2D eigenvalue weighted by molar-refractivity contribution is -0.147. The summed E-state index contributed by atoms with van der Waals surface area (Å²) in [5, 5.41) is 31.1. The van der Waals surface area contributed by atoms with E-state index in [4.69, 9.17) is 27.4 Å². The number of benzene rings is 1. The molecule has 1 aromatic rings. The maximum Gasteiger partial charge on any atom is 0.451 e. The zero-order valence-electron chi connectivity index (χ0n) is 12.3. The second-order valence-corrected chi connectivity index (χ2v) is 6.11. The van der Waals surface area contributed by atoms with Crippen molar-refractivity contribution in [1.82, 2.24) is 5.32 Å². The highest BCUT2D eigenvalue weighted by Crippen LogP contribution is 2.46. The molecule has 0 unspecified atom stereocenters. The van der Waals surface area contributed by atoms with Gasteiger partial charge in [-0.2, -0.15) is 0 Å². The molecule has 0 radical (unpaired) electrons. The molecular weight excluding hydrogens is 306 g/mol. The van der Waals surface area contributed by atoms with Gasteiger partial charge in [-0.15, -0.1) is 0 Å². The molecule has 0 saturated carbocycles. The van der Waals surface area contributed by atoms with E-state index < -0.39 is 18.6 Å². The molecular formula is C14H20BClN2O4. The highest BCUT2D eigenvalue weighted by atomic mass is 35.5. The van der Waals surface area contributed by atoms with Crippen LogP contribution in [0.4, 0.5) is 5.69 Å².